The number of nitrogens with one attached hydrogen (secondary N) is 2. The molecular weight excluding hydrogens is 278 g/mol. The van der Waals surface area contributed by atoms with Gasteiger partial charge in [0.2, 0.25) is 5.91 Å². The number of rotatable bonds is 5. The van der Waals surface area contributed by atoms with Gasteiger partial charge >= 0.3 is 5.97 Å². The zero-order valence-electron chi connectivity index (χ0n) is 11.6. The normalized spacial score (nSPS) is 23.5. The number of carbonyl (C=O) groups is 2. The Labute approximate surface area is 121 Å². The Balaban J connectivity index is 2.04. The molecule has 1 fully saturated rings. The average molecular weight is 297 g/mol. The second-order valence-corrected chi connectivity index (χ2v) is 6.02. The van der Waals surface area contributed by atoms with Gasteiger partial charge in [-0.15, -0.1) is 11.3 Å². The van der Waals surface area contributed by atoms with Crippen molar-refractivity contribution in [3.63, 3.8) is 0 Å². The van der Waals surface area contributed by atoms with Gasteiger partial charge in [-0.3, -0.25) is 4.79 Å². The third-order valence-electron chi connectivity index (χ3n) is 3.86. The van der Waals surface area contributed by atoms with Crippen LogP contribution in [0.5, 0.6) is 0 Å². The van der Waals surface area contributed by atoms with E-state index < -0.39 is 5.97 Å². The number of nitrogens with zero attached hydrogens (tertiary/aromatic N) is 1. The molecule has 1 aromatic heterocycles. The van der Waals surface area contributed by atoms with Crippen LogP contribution >= 0.6 is 11.3 Å². The second kappa shape index (κ2) is 5.88. The molecule has 2 heterocycles. The van der Waals surface area contributed by atoms with E-state index in [1.807, 2.05) is 13.8 Å². The molecule has 110 valence electrons. The van der Waals surface area contributed by atoms with Gasteiger partial charge in [-0.1, -0.05) is 6.92 Å². The first kappa shape index (κ1) is 14.9. The summed E-state index contributed by atoms with van der Waals surface area (Å²) in [7, 11) is 0. The lowest BCUT2D eigenvalue weighted by Gasteiger charge is -2.26. The van der Waals surface area contributed by atoms with E-state index in [-0.39, 0.29) is 23.1 Å². The maximum absolute atomic E-state index is 12.4. The highest BCUT2D eigenvalue weighted by molar-refractivity contribution is 7.09. The quantitative estimate of drug-likeness (QED) is 0.764. The van der Waals surface area contributed by atoms with Crippen LogP contribution in [0.4, 0.5) is 0 Å². The lowest BCUT2D eigenvalue weighted by molar-refractivity contribution is -0.131. The van der Waals surface area contributed by atoms with Crippen LogP contribution in [0.25, 0.3) is 0 Å². The highest BCUT2D eigenvalue weighted by Gasteiger charge is 2.40. The molecule has 0 spiro atoms. The predicted octanol–water partition coefficient (Wildman–Crippen LogP) is 1.41. The first-order valence-corrected chi connectivity index (χ1v) is 7.57. The molecule has 6 nitrogen and oxygen atoms in total. The number of thiazole rings is 1. The first-order chi connectivity index (χ1) is 9.48. The fourth-order valence-corrected chi connectivity index (χ4v) is 3.20. The molecule has 2 rings (SSSR count). The van der Waals surface area contributed by atoms with Crippen molar-refractivity contribution >= 4 is 23.2 Å². The van der Waals surface area contributed by atoms with E-state index in [1.54, 1.807) is 0 Å². The molecule has 1 saturated heterocycles. The minimum absolute atomic E-state index is 0.0181. The fraction of sp³-hybridized carbons (Fsp3) is 0.615. The molecule has 2 unspecified atom stereocenters. The van der Waals surface area contributed by atoms with Crippen molar-refractivity contribution in [3.8, 4) is 0 Å². The Morgan fingerprint density at radius 3 is 2.90 bits per heavy atom. The second-order valence-electron chi connectivity index (χ2n) is 5.13. The number of aromatic nitrogens is 1. The third kappa shape index (κ3) is 2.83. The highest BCUT2D eigenvalue weighted by Crippen LogP contribution is 2.30. The van der Waals surface area contributed by atoms with Crippen molar-refractivity contribution in [2.24, 2.45) is 5.41 Å². The van der Waals surface area contributed by atoms with Crippen LogP contribution in [0.3, 0.4) is 0 Å². The van der Waals surface area contributed by atoms with Gasteiger partial charge in [0.05, 0.1) is 11.5 Å². The average Bonchev–Trinajstić information content (AvgIpc) is 3.08. The first-order valence-electron chi connectivity index (χ1n) is 6.69. The van der Waals surface area contributed by atoms with Gasteiger partial charge in [0.15, 0.2) is 5.69 Å². The largest absolute Gasteiger partial charge is 0.476 e. The molecule has 0 saturated carbocycles. The topological polar surface area (TPSA) is 91.3 Å². The van der Waals surface area contributed by atoms with Crippen LogP contribution < -0.4 is 10.6 Å². The smallest absolute Gasteiger partial charge is 0.355 e. The van der Waals surface area contributed by atoms with Crippen molar-refractivity contribution < 1.29 is 14.7 Å². The van der Waals surface area contributed by atoms with Crippen LogP contribution in [0.2, 0.25) is 0 Å². The van der Waals surface area contributed by atoms with Crippen molar-refractivity contribution in [1.29, 1.82) is 0 Å². The van der Waals surface area contributed by atoms with E-state index in [1.165, 1.54) is 16.7 Å². The van der Waals surface area contributed by atoms with E-state index in [9.17, 15) is 9.59 Å². The molecule has 20 heavy (non-hydrogen) atoms. The zero-order valence-corrected chi connectivity index (χ0v) is 12.4. The monoisotopic (exact) mass is 297 g/mol. The van der Waals surface area contributed by atoms with E-state index in [4.69, 9.17) is 5.11 Å². The number of carboxylic acid groups (broad SMARTS) is 1. The summed E-state index contributed by atoms with van der Waals surface area (Å²) in [4.78, 5) is 27.3. The van der Waals surface area contributed by atoms with Crippen LogP contribution in [-0.4, -0.2) is 35.1 Å². The minimum Gasteiger partial charge on any atom is -0.476 e. The standard InChI is InChI=1S/C13H19N3O3S/c1-3-13(4-5-14-7-13)12(19)15-8(2)10-16-9(6-20-10)11(17)18/h6,8,14H,3-5,7H2,1-2H3,(H,15,19)(H,17,18). The lowest BCUT2D eigenvalue weighted by Crippen LogP contribution is -2.43. The van der Waals surface area contributed by atoms with E-state index in [0.717, 1.165) is 19.4 Å². The summed E-state index contributed by atoms with van der Waals surface area (Å²) in [6.07, 6.45) is 1.62. The van der Waals surface area contributed by atoms with Crippen molar-refractivity contribution in [2.75, 3.05) is 13.1 Å². The summed E-state index contributed by atoms with van der Waals surface area (Å²) in [5, 5.41) is 17.2. The van der Waals surface area contributed by atoms with Gasteiger partial charge in [0, 0.05) is 11.9 Å². The molecule has 3 N–H and O–H groups in total. The molecule has 0 aliphatic carbocycles. The van der Waals surface area contributed by atoms with Gasteiger partial charge in [-0.05, 0) is 26.3 Å². The summed E-state index contributed by atoms with van der Waals surface area (Å²) in [5.41, 5.74) is -0.319. The lowest BCUT2D eigenvalue weighted by atomic mass is 9.83. The Morgan fingerprint density at radius 1 is 1.65 bits per heavy atom. The Bertz CT molecular complexity index is 509. The fourth-order valence-electron chi connectivity index (χ4n) is 2.40. The van der Waals surface area contributed by atoms with Crippen LogP contribution in [-0.2, 0) is 4.79 Å². The number of hydrogen-bond acceptors (Lipinski definition) is 5. The molecule has 0 radical (unpaired) electrons. The molecule has 7 heteroatoms. The van der Waals surface area contributed by atoms with Crippen LogP contribution in [0, 0.1) is 5.41 Å². The van der Waals surface area contributed by atoms with Gasteiger partial charge in [0.1, 0.15) is 5.01 Å². The molecule has 1 aliphatic heterocycles. The van der Waals surface area contributed by atoms with Crippen molar-refractivity contribution in [2.45, 2.75) is 32.7 Å². The summed E-state index contributed by atoms with van der Waals surface area (Å²) in [6, 6.07) is -0.273. The van der Waals surface area contributed by atoms with Crippen molar-refractivity contribution in [1.82, 2.24) is 15.6 Å². The number of carboxylic acids is 1. The number of aromatic carboxylic acids is 1. The van der Waals surface area contributed by atoms with Crippen LogP contribution in [0.1, 0.15) is 48.2 Å². The zero-order chi connectivity index (χ0) is 14.8. The minimum atomic E-state index is -1.05. The van der Waals surface area contributed by atoms with Gasteiger partial charge in [-0.25, -0.2) is 9.78 Å². The summed E-state index contributed by atoms with van der Waals surface area (Å²) in [6.45, 7) is 5.40. The molecule has 1 aromatic rings. The number of hydrogen-bond donors (Lipinski definition) is 3. The molecular formula is C13H19N3O3S. The van der Waals surface area contributed by atoms with E-state index in [0.29, 0.717) is 11.6 Å². The molecule has 2 atom stereocenters. The van der Waals surface area contributed by atoms with Gasteiger partial charge < -0.3 is 15.7 Å². The SMILES string of the molecule is CCC1(C(=O)NC(C)c2nc(C(=O)O)cs2)CCNC1. The molecule has 1 aliphatic rings. The molecule has 0 aromatic carbocycles. The number of amides is 1. The Hall–Kier alpha value is -1.47. The maximum atomic E-state index is 12.4. The summed E-state index contributed by atoms with van der Waals surface area (Å²) < 4.78 is 0. The molecule has 0 bridgehead atoms. The Morgan fingerprint density at radius 2 is 2.40 bits per heavy atom. The number of carbonyl (C=O) groups excluding carboxylic acids is 1. The van der Waals surface area contributed by atoms with Gasteiger partial charge in [-0.2, -0.15) is 0 Å². The summed E-state index contributed by atoms with van der Waals surface area (Å²) in [5.74, 6) is -1.03. The van der Waals surface area contributed by atoms with Gasteiger partial charge in [0.25, 0.3) is 0 Å². The van der Waals surface area contributed by atoms with Crippen LogP contribution in [0.15, 0.2) is 5.38 Å². The third-order valence-corrected chi connectivity index (χ3v) is 4.89. The molecule has 1 amide bonds. The van der Waals surface area contributed by atoms with Crippen molar-refractivity contribution in [3.05, 3.63) is 16.1 Å². The highest BCUT2D eigenvalue weighted by atomic mass is 32.1. The predicted molar refractivity (Wildman–Crippen MR) is 75.8 cm³/mol. The maximum Gasteiger partial charge on any atom is 0.355 e. The van der Waals surface area contributed by atoms with E-state index >= 15 is 0 Å². The summed E-state index contributed by atoms with van der Waals surface area (Å²) >= 11 is 1.25. The Kier molecular flexibility index (Phi) is 4.39. The van der Waals surface area contributed by atoms with E-state index in [2.05, 4.69) is 15.6 Å².